The number of carbonyl (C=O) groups excluding carboxylic acids is 3. The molecule has 1 aliphatic carbocycles. The van der Waals surface area contributed by atoms with Gasteiger partial charge in [-0.25, -0.2) is 14.4 Å². The lowest BCUT2D eigenvalue weighted by molar-refractivity contribution is 0.158. The Labute approximate surface area is 127 Å². The molecule has 2 rings (SSSR count). The quantitative estimate of drug-likeness (QED) is 0.616. The van der Waals surface area contributed by atoms with Gasteiger partial charge in [-0.3, -0.25) is 0 Å². The molecular weight excluding hydrogens is 282 g/mol. The molecule has 0 heterocycles. The maximum atomic E-state index is 11.0. The molecule has 22 heavy (non-hydrogen) atoms. The molecule has 1 unspecified atom stereocenters. The van der Waals surface area contributed by atoms with E-state index in [1.54, 1.807) is 6.08 Å². The summed E-state index contributed by atoms with van der Waals surface area (Å²) in [6, 6.07) is 9.38. The molecule has 6 nitrogen and oxygen atoms in total. The molecule has 0 saturated heterocycles. The molecule has 1 atom stereocenters. The maximum Gasteiger partial charge on any atom is 0.237 e. The van der Waals surface area contributed by atoms with Crippen LogP contribution in [-0.4, -0.2) is 29.4 Å². The van der Waals surface area contributed by atoms with Crippen molar-refractivity contribution in [2.24, 2.45) is 15.0 Å². The van der Waals surface area contributed by atoms with E-state index in [1.807, 2.05) is 30.3 Å². The average Bonchev–Trinajstić information content (AvgIpc) is 2.52. The lowest BCUT2D eigenvalue weighted by atomic mass is 9.70. The topological polar surface area (TPSA) is 88.3 Å². The first kappa shape index (κ1) is 15.7. The highest BCUT2D eigenvalue weighted by Gasteiger charge is 2.54. The number of nitrogens with zero attached hydrogens (tertiary/aromatic N) is 3. The number of aliphatic imine (C=N–C) groups is 3. The van der Waals surface area contributed by atoms with Crippen molar-refractivity contribution in [3.63, 3.8) is 0 Å². The van der Waals surface area contributed by atoms with E-state index in [4.69, 9.17) is 0 Å². The molecule has 1 aliphatic rings. The SMILES string of the molecule is O=C=NC1(Cc2ccccc2)CCCCC1(N=C=O)N=C=O. The van der Waals surface area contributed by atoms with E-state index < -0.39 is 11.2 Å². The van der Waals surface area contributed by atoms with Crippen LogP contribution >= 0.6 is 0 Å². The average molecular weight is 297 g/mol. The zero-order valence-electron chi connectivity index (χ0n) is 12.0. The van der Waals surface area contributed by atoms with Gasteiger partial charge in [0.25, 0.3) is 0 Å². The monoisotopic (exact) mass is 297 g/mol. The molecular formula is C16H15N3O3. The Kier molecular flexibility index (Phi) is 4.92. The van der Waals surface area contributed by atoms with Crippen molar-refractivity contribution in [3.8, 4) is 0 Å². The molecule has 0 aromatic heterocycles. The summed E-state index contributed by atoms with van der Waals surface area (Å²) in [4.78, 5) is 44.2. The molecule has 0 amide bonds. The molecule has 1 aromatic rings. The van der Waals surface area contributed by atoms with Crippen molar-refractivity contribution >= 4 is 18.2 Å². The van der Waals surface area contributed by atoms with Gasteiger partial charge in [-0.2, -0.15) is 15.0 Å². The van der Waals surface area contributed by atoms with E-state index in [-0.39, 0.29) is 0 Å². The van der Waals surface area contributed by atoms with Gasteiger partial charge in [-0.15, -0.1) is 0 Å². The number of isocyanates is 3. The van der Waals surface area contributed by atoms with Gasteiger partial charge >= 0.3 is 0 Å². The van der Waals surface area contributed by atoms with Crippen LogP contribution in [0.1, 0.15) is 31.2 Å². The van der Waals surface area contributed by atoms with Crippen molar-refractivity contribution in [3.05, 3.63) is 35.9 Å². The molecule has 6 heteroatoms. The van der Waals surface area contributed by atoms with Crippen LogP contribution in [0.2, 0.25) is 0 Å². The summed E-state index contributed by atoms with van der Waals surface area (Å²) in [5.74, 6) is 0. The smallest absolute Gasteiger partial charge is 0.211 e. The first-order chi connectivity index (χ1) is 10.7. The summed E-state index contributed by atoms with van der Waals surface area (Å²) in [7, 11) is 0. The zero-order chi connectivity index (χ0) is 15.9. The molecule has 1 aromatic carbocycles. The fourth-order valence-electron chi connectivity index (χ4n) is 3.15. The third-order valence-corrected chi connectivity index (χ3v) is 4.17. The molecule has 0 spiro atoms. The van der Waals surface area contributed by atoms with E-state index in [2.05, 4.69) is 15.0 Å². The predicted octanol–water partition coefficient (Wildman–Crippen LogP) is 2.25. The van der Waals surface area contributed by atoms with Crippen LogP contribution in [-0.2, 0) is 20.8 Å². The van der Waals surface area contributed by atoms with Crippen LogP contribution in [0.15, 0.2) is 45.3 Å². The van der Waals surface area contributed by atoms with Gasteiger partial charge in [0, 0.05) is 6.42 Å². The number of rotatable bonds is 5. The van der Waals surface area contributed by atoms with Crippen molar-refractivity contribution in [2.45, 2.75) is 43.3 Å². The van der Waals surface area contributed by atoms with Crippen molar-refractivity contribution < 1.29 is 14.4 Å². The minimum atomic E-state index is -1.43. The van der Waals surface area contributed by atoms with Gasteiger partial charge in [-0.05, 0) is 24.8 Å². The Balaban J connectivity index is 2.59. The zero-order valence-corrected chi connectivity index (χ0v) is 12.0. The van der Waals surface area contributed by atoms with Gasteiger partial charge in [0.05, 0.1) is 0 Å². The van der Waals surface area contributed by atoms with E-state index in [1.165, 1.54) is 12.2 Å². The number of hydrogen-bond acceptors (Lipinski definition) is 6. The molecule has 1 saturated carbocycles. The highest BCUT2D eigenvalue weighted by molar-refractivity contribution is 5.44. The predicted molar refractivity (Wildman–Crippen MR) is 78.4 cm³/mol. The van der Waals surface area contributed by atoms with Gasteiger partial charge in [0.15, 0.2) is 0 Å². The van der Waals surface area contributed by atoms with Crippen LogP contribution in [0, 0.1) is 0 Å². The van der Waals surface area contributed by atoms with E-state index in [0.29, 0.717) is 19.3 Å². The minimum Gasteiger partial charge on any atom is -0.211 e. The minimum absolute atomic E-state index is 0.333. The van der Waals surface area contributed by atoms with Crippen molar-refractivity contribution in [1.82, 2.24) is 0 Å². The summed E-state index contributed by atoms with van der Waals surface area (Å²) in [5.41, 5.74) is -1.62. The summed E-state index contributed by atoms with van der Waals surface area (Å²) in [6.07, 6.45) is 7.19. The van der Waals surface area contributed by atoms with Crippen LogP contribution in [0.5, 0.6) is 0 Å². The van der Waals surface area contributed by atoms with Crippen LogP contribution < -0.4 is 0 Å². The Bertz CT molecular complexity index is 651. The fraction of sp³-hybridized carbons (Fsp3) is 0.438. The first-order valence-electron chi connectivity index (χ1n) is 7.03. The van der Waals surface area contributed by atoms with E-state index >= 15 is 0 Å². The summed E-state index contributed by atoms with van der Waals surface area (Å²) in [5, 5.41) is 0. The molecule has 0 aliphatic heterocycles. The highest BCUT2D eigenvalue weighted by Crippen LogP contribution is 2.45. The van der Waals surface area contributed by atoms with Crippen molar-refractivity contribution in [1.29, 1.82) is 0 Å². The van der Waals surface area contributed by atoms with Crippen LogP contribution in [0.25, 0.3) is 0 Å². The second kappa shape index (κ2) is 6.88. The fourth-order valence-corrected chi connectivity index (χ4v) is 3.15. The Morgan fingerprint density at radius 2 is 1.45 bits per heavy atom. The van der Waals surface area contributed by atoms with Gasteiger partial charge in [0.1, 0.15) is 5.54 Å². The summed E-state index contributed by atoms with van der Waals surface area (Å²) < 4.78 is 0. The number of benzene rings is 1. The van der Waals surface area contributed by atoms with Crippen LogP contribution in [0.4, 0.5) is 0 Å². The summed E-state index contributed by atoms with van der Waals surface area (Å²) >= 11 is 0. The third kappa shape index (κ3) is 2.85. The van der Waals surface area contributed by atoms with Crippen molar-refractivity contribution in [2.75, 3.05) is 0 Å². The molecule has 0 N–H and O–H groups in total. The Morgan fingerprint density at radius 1 is 0.864 bits per heavy atom. The van der Waals surface area contributed by atoms with Gasteiger partial charge in [-0.1, -0.05) is 36.8 Å². The largest absolute Gasteiger partial charge is 0.237 e. The number of hydrogen-bond donors (Lipinski definition) is 0. The summed E-state index contributed by atoms with van der Waals surface area (Å²) in [6.45, 7) is 0. The van der Waals surface area contributed by atoms with E-state index in [9.17, 15) is 14.4 Å². The van der Waals surface area contributed by atoms with Gasteiger partial charge < -0.3 is 0 Å². The standard InChI is InChI=1S/C16H15N3O3/c20-11-17-15(10-14-6-2-1-3-7-14)8-4-5-9-16(15,18-12-21)19-13-22/h1-3,6-7H,4-5,8-10H2. The van der Waals surface area contributed by atoms with Gasteiger partial charge in [0.2, 0.25) is 23.9 Å². The molecule has 0 radical (unpaired) electrons. The van der Waals surface area contributed by atoms with Crippen LogP contribution in [0.3, 0.4) is 0 Å². The second-order valence-corrected chi connectivity index (χ2v) is 5.33. The molecule has 1 fully saturated rings. The lowest BCUT2D eigenvalue weighted by Gasteiger charge is -2.43. The second-order valence-electron chi connectivity index (χ2n) is 5.33. The third-order valence-electron chi connectivity index (χ3n) is 4.17. The normalized spacial score (nSPS) is 26.9. The first-order valence-corrected chi connectivity index (χ1v) is 7.03. The Hall–Kier alpha value is -2.64. The lowest BCUT2D eigenvalue weighted by Crippen LogP contribution is -2.54. The Morgan fingerprint density at radius 3 is 2.05 bits per heavy atom. The maximum absolute atomic E-state index is 11.0. The molecule has 112 valence electrons. The highest BCUT2D eigenvalue weighted by atomic mass is 16.1. The van der Waals surface area contributed by atoms with E-state index in [0.717, 1.165) is 18.4 Å². The molecule has 0 bridgehead atoms.